The Morgan fingerprint density at radius 2 is 1.81 bits per heavy atom. The zero-order chi connectivity index (χ0) is 25.2. The molecule has 2 saturated heterocycles. The molecule has 3 fully saturated rings. The van der Waals surface area contributed by atoms with Gasteiger partial charge in [-0.2, -0.15) is 4.98 Å². The average molecular weight is 502 g/mol. The first-order chi connectivity index (χ1) is 17.6. The van der Waals surface area contributed by atoms with E-state index in [1.165, 1.54) is 57.8 Å². The maximum atomic E-state index is 12.3. The highest BCUT2D eigenvalue weighted by molar-refractivity contribution is 5.76. The van der Waals surface area contributed by atoms with Crippen molar-refractivity contribution in [2.45, 2.75) is 108 Å². The fourth-order valence-electron chi connectivity index (χ4n) is 6.28. The zero-order valence-corrected chi connectivity index (χ0v) is 21.9. The SMILES string of the molecule is N[C@@H](CO)CC(=O)NCCC1C(Nc2nccc(N3CCCCCC3)n2)CCCN1C1CCCCC1. The number of anilines is 2. The predicted molar refractivity (Wildman–Crippen MR) is 144 cm³/mol. The lowest BCUT2D eigenvalue weighted by Crippen LogP contribution is -2.56. The van der Waals surface area contributed by atoms with Gasteiger partial charge in [0.25, 0.3) is 0 Å². The number of hydrogen-bond donors (Lipinski definition) is 4. The molecule has 3 aliphatic rings. The van der Waals surface area contributed by atoms with Gasteiger partial charge in [0, 0.05) is 56.4 Å². The van der Waals surface area contributed by atoms with E-state index in [0.717, 1.165) is 50.7 Å². The number of aliphatic hydroxyl groups is 1. The summed E-state index contributed by atoms with van der Waals surface area (Å²) in [6.07, 6.45) is 16.7. The van der Waals surface area contributed by atoms with Crippen LogP contribution in [0.15, 0.2) is 12.3 Å². The summed E-state index contributed by atoms with van der Waals surface area (Å²) >= 11 is 0. The molecule has 3 heterocycles. The van der Waals surface area contributed by atoms with E-state index < -0.39 is 6.04 Å². The molecule has 1 aromatic heterocycles. The van der Waals surface area contributed by atoms with Gasteiger partial charge in [0.05, 0.1) is 6.61 Å². The molecule has 1 aliphatic carbocycles. The molecule has 4 rings (SSSR count). The second kappa shape index (κ2) is 14.1. The van der Waals surface area contributed by atoms with Crippen molar-refractivity contribution < 1.29 is 9.90 Å². The number of piperidine rings is 1. The van der Waals surface area contributed by atoms with Gasteiger partial charge in [0.15, 0.2) is 0 Å². The molecule has 2 aliphatic heterocycles. The Morgan fingerprint density at radius 1 is 1.06 bits per heavy atom. The Morgan fingerprint density at radius 3 is 2.56 bits per heavy atom. The molecule has 1 saturated carbocycles. The summed E-state index contributed by atoms with van der Waals surface area (Å²) in [5, 5.41) is 15.9. The van der Waals surface area contributed by atoms with Gasteiger partial charge in [-0.05, 0) is 57.6 Å². The number of aliphatic hydroxyl groups excluding tert-OH is 1. The fourth-order valence-corrected chi connectivity index (χ4v) is 6.28. The van der Waals surface area contributed by atoms with E-state index in [2.05, 4.69) is 25.4 Å². The lowest BCUT2D eigenvalue weighted by Gasteiger charge is -2.47. The Hall–Kier alpha value is -1.97. The van der Waals surface area contributed by atoms with Gasteiger partial charge in [-0.15, -0.1) is 0 Å². The van der Waals surface area contributed by atoms with Gasteiger partial charge in [0.2, 0.25) is 11.9 Å². The van der Waals surface area contributed by atoms with E-state index in [-0.39, 0.29) is 25.0 Å². The summed E-state index contributed by atoms with van der Waals surface area (Å²) in [4.78, 5) is 26.9. The highest BCUT2D eigenvalue weighted by Gasteiger charge is 2.36. The monoisotopic (exact) mass is 501 g/mol. The van der Waals surface area contributed by atoms with E-state index in [0.29, 0.717) is 18.6 Å². The minimum atomic E-state index is -0.499. The van der Waals surface area contributed by atoms with E-state index in [1.54, 1.807) is 0 Å². The second-order valence-corrected chi connectivity index (χ2v) is 10.9. The Labute approximate surface area is 216 Å². The minimum Gasteiger partial charge on any atom is -0.395 e. The van der Waals surface area contributed by atoms with Crippen LogP contribution in [-0.4, -0.2) is 82.8 Å². The molecule has 1 aromatic rings. The van der Waals surface area contributed by atoms with Crippen LogP contribution in [0.3, 0.4) is 0 Å². The van der Waals surface area contributed by atoms with Gasteiger partial charge in [0.1, 0.15) is 5.82 Å². The van der Waals surface area contributed by atoms with Crippen LogP contribution in [0.2, 0.25) is 0 Å². The number of carbonyl (C=O) groups is 1. The van der Waals surface area contributed by atoms with Gasteiger partial charge in [-0.25, -0.2) is 4.98 Å². The van der Waals surface area contributed by atoms with E-state index in [9.17, 15) is 4.79 Å². The van der Waals surface area contributed by atoms with Crippen LogP contribution in [0.4, 0.5) is 11.8 Å². The molecule has 3 atom stereocenters. The molecule has 0 radical (unpaired) electrons. The summed E-state index contributed by atoms with van der Waals surface area (Å²) < 4.78 is 0. The fraction of sp³-hybridized carbons (Fsp3) is 0.815. The van der Waals surface area contributed by atoms with Crippen molar-refractivity contribution in [3.8, 4) is 0 Å². The number of hydrogen-bond acceptors (Lipinski definition) is 8. The second-order valence-electron chi connectivity index (χ2n) is 10.9. The number of likely N-dealkylation sites (tertiary alicyclic amines) is 1. The normalized spacial score (nSPS) is 25.2. The molecule has 202 valence electrons. The number of nitrogens with zero attached hydrogens (tertiary/aromatic N) is 4. The standard InChI is InChI=1S/C27H47N7O2/c28-21(20-35)19-26(36)29-14-12-24-23(11-8-18-34(24)22-9-4-3-5-10-22)31-27-30-15-13-25(32-27)33-16-6-1-2-7-17-33/h13,15,21-24,35H,1-12,14,16-20,28H2,(H,29,36)(H,30,31,32)/t21-,23?,24?/m1/s1. The minimum absolute atomic E-state index is 0.0884. The topological polar surface area (TPSA) is 120 Å². The quantitative estimate of drug-likeness (QED) is 0.386. The number of rotatable bonds is 10. The van der Waals surface area contributed by atoms with Crippen LogP contribution in [0.25, 0.3) is 0 Å². The highest BCUT2D eigenvalue weighted by Crippen LogP contribution is 2.31. The number of aromatic nitrogens is 2. The highest BCUT2D eigenvalue weighted by atomic mass is 16.3. The molecule has 1 amide bonds. The van der Waals surface area contributed by atoms with Crippen LogP contribution in [-0.2, 0) is 4.79 Å². The van der Waals surface area contributed by atoms with Crippen LogP contribution in [0.5, 0.6) is 0 Å². The first kappa shape index (κ1) is 27.1. The van der Waals surface area contributed by atoms with Crippen molar-refractivity contribution >= 4 is 17.7 Å². The van der Waals surface area contributed by atoms with Crippen molar-refractivity contribution in [3.05, 3.63) is 12.3 Å². The van der Waals surface area contributed by atoms with Crippen molar-refractivity contribution in [1.29, 1.82) is 0 Å². The smallest absolute Gasteiger partial charge is 0.224 e. The molecular weight excluding hydrogens is 454 g/mol. The average Bonchev–Trinajstić information content (AvgIpc) is 3.20. The maximum absolute atomic E-state index is 12.3. The first-order valence-corrected chi connectivity index (χ1v) is 14.4. The zero-order valence-electron chi connectivity index (χ0n) is 21.9. The van der Waals surface area contributed by atoms with Gasteiger partial charge in [-0.1, -0.05) is 32.1 Å². The Kier molecular flexibility index (Phi) is 10.6. The molecule has 0 aromatic carbocycles. The summed E-state index contributed by atoms with van der Waals surface area (Å²) in [5.74, 6) is 1.66. The molecule has 5 N–H and O–H groups in total. The number of nitrogens with two attached hydrogens (primary N) is 1. The predicted octanol–water partition coefficient (Wildman–Crippen LogP) is 2.65. The van der Waals surface area contributed by atoms with Crippen LogP contribution in [0.1, 0.15) is 83.5 Å². The summed E-state index contributed by atoms with van der Waals surface area (Å²) in [5.41, 5.74) is 5.74. The van der Waals surface area contributed by atoms with Crippen LogP contribution in [0, 0.1) is 0 Å². The van der Waals surface area contributed by atoms with Gasteiger partial charge >= 0.3 is 0 Å². The number of carbonyl (C=O) groups excluding carboxylic acids is 1. The number of amides is 1. The molecule has 0 bridgehead atoms. The van der Waals surface area contributed by atoms with Crippen LogP contribution >= 0.6 is 0 Å². The molecule has 9 heteroatoms. The van der Waals surface area contributed by atoms with Crippen molar-refractivity contribution in [2.75, 3.05) is 43.0 Å². The van der Waals surface area contributed by atoms with E-state index in [1.807, 2.05) is 12.3 Å². The lowest BCUT2D eigenvalue weighted by molar-refractivity contribution is -0.121. The van der Waals surface area contributed by atoms with Gasteiger partial charge in [-0.3, -0.25) is 9.69 Å². The lowest BCUT2D eigenvalue weighted by atomic mass is 9.87. The summed E-state index contributed by atoms with van der Waals surface area (Å²) in [6.45, 7) is 3.69. The molecule has 36 heavy (non-hydrogen) atoms. The molecule has 2 unspecified atom stereocenters. The third-order valence-corrected chi connectivity index (χ3v) is 8.20. The van der Waals surface area contributed by atoms with E-state index in [4.69, 9.17) is 15.8 Å². The summed E-state index contributed by atoms with van der Waals surface area (Å²) in [6, 6.07) is 2.73. The Bertz CT molecular complexity index is 796. The first-order valence-electron chi connectivity index (χ1n) is 14.4. The molecular formula is C27H47N7O2. The maximum Gasteiger partial charge on any atom is 0.224 e. The van der Waals surface area contributed by atoms with Crippen molar-refractivity contribution in [2.24, 2.45) is 5.73 Å². The van der Waals surface area contributed by atoms with Crippen LogP contribution < -0.4 is 21.3 Å². The Balaban J connectivity index is 1.43. The third kappa shape index (κ3) is 7.76. The van der Waals surface area contributed by atoms with Crippen molar-refractivity contribution in [3.63, 3.8) is 0 Å². The third-order valence-electron chi connectivity index (χ3n) is 8.20. The van der Waals surface area contributed by atoms with Crippen molar-refractivity contribution in [1.82, 2.24) is 20.2 Å². The molecule has 9 nitrogen and oxygen atoms in total. The number of nitrogens with one attached hydrogen (secondary N) is 2. The van der Waals surface area contributed by atoms with Gasteiger partial charge < -0.3 is 26.4 Å². The molecule has 0 spiro atoms. The largest absolute Gasteiger partial charge is 0.395 e. The van der Waals surface area contributed by atoms with E-state index >= 15 is 0 Å². The summed E-state index contributed by atoms with van der Waals surface area (Å²) in [7, 11) is 0.